The third kappa shape index (κ3) is 1.99. The van der Waals surface area contributed by atoms with Gasteiger partial charge in [0.2, 0.25) is 0 Å². The zero-order valence-electron chi connectivity index (χ0n) is 7.66. The maximum atomic E-state index is 12.3. The summed E-state index contributed by atoms with van der Waals surface area (Å²) in [7, 11) is 0. The summed E-state index contributed by atoms with van der Waals surface area (Å²) in [6, 6.07) is 1.14. The number of halogens is 3. The van der Waals surface area contributed by atoms with Gasteiger partial charge in [-0.2, -0.15) is 13.2 Å². The van der Waals surface area contributed by atoms with Gasteiger partial charge in [0.1, 0.15) is 0 Å². The second-order valence-electron chi connectivity index (χ2n) is 3.02. The molecule has 1 heterocycles. The van der Waals surface area contributed by atoms with Crippen molar-refractivity contribution in [1.82, 2.24) is 4.98 Å². The molecule has 0 aliphatic rings. The van der Waals surface area contributed by atoms with Gasteiger partial charge in [0.05, 0.1) is 5.56 Å². The Balaban J connectivity index is 3.32. The van der Waals surface area contributed by atoms with Crippen LogP contribution in [0.25, 0.3) is 0 Å². The van der Waals surface area contributed by atoms with Gasteiger partial charge < -0.3 is 0 Å². The zero-order valence-corrected chi connectivity index (χ0v) is 7.66. The second-order valence-corrected chi connectivity index (χ2v) is 3.02. The molecule has 1 aromatic heterocycles. The molecule has 72 valence electrons. The fourth-order valence-corrected chi connectivity index (χ4v) is 1.11. The topological polar surface area (TPSA) is 12.9 Å². The molecule has 0 spiro atoms. The van der Waals surface area contributed by atoms with Crippen LogP contribution in [0.2, 0.25) is 0 Å². The van der Waals surface area contributed by atoms with Crippen molar-refractivity contribution < 1.29 is 13.2 Å². The van der Waals surface area contributed by atoms with E-state index in [0.717, 1.165) is 6.07 Å². The smallest absolute Gasteiger partial charge is 0.258 e. The van der Waals surface area contributed by atoms with Gasteiger partial charge in [-0.25, -0.2) is 0 Å². The molecule has 0 unspecified atom stereocenters. The van der Waals surface area contributed by atoms with Crippen LogP contribution in [0.4, 0.5) is 13.2 Å². The van der Waals surface area contributed by atoms with Gasteiger partial charge in [-0.3, -0.25) is 4.98 Å². The van der Waals surface area contributed by atoms with Crippen molar-refractivity contribution in [3.63, 3.8) is 0 Å². The molecule has 0 bridgehead atoms. The zero-order chi connectivity index (χ0) is 10.2. The summed E-state index contributed by atoms with van der Waals surface area (Å²) in [5, 5.41) is 0. The van der Waals surface area contributed by atoms with E-state index in [9.17, 15) is 13.2 Å². The third-order valence-electron chi connectivity index (χ3n) is 1.96. The maximum absolute atomic E-state index is 12.3. The van der Waals surface area contributed by atoms with Crippen molar-refractivity contribution in [3.8, 4) is 0 Å². The minimum Gasteiger partial charge on any atom is -0.258 e. The average Bonchev–Trinajstić information content (AvgIpc) is 1.94. The van der Waals surface area contributed by atoms with Crippen LogP contribution >= 0.6 is 0 Å². The lowest BCUT2D eigenvalue weighted by Gasteiger charge is -2.11. The monoisotopic (exact) mass is 189 g/mol. The molecular formula is C9H10F3N. The van der Waals surface area contributed by atoms with Gasteiger partial charge in [0.15, 0.2) is 0 Å². The van der Waals surface area contributed by atoms with E-state index in [-0.39, 0.29) is 5.69 Å². The SMILES string of the molecule is Cc1cc(C(F)(F)F)c(C)nc1C. The average molecular weight is 189 g/mol. The first-order valence-electron chi connectivity index (χ1n) is 3.84. The summed E-state index contributed by atoms with van der Waals surface area (Å²) in [6.07, 6.45) is -4.30. The summed E-state index contributed by atoms with van der Waals surface area (Å²) in [5.41, 5.74) is 0.606. The number of rotatable bonds is 0. The highest BCUT2D eigenvalue weighted by molar-refractivity contribution is 5.30. The van der Waals surface area contributed by atoms with Gasteiger partial charge in [-0.05, 0) is 32.4 Å². The molecule has 0 amide bonds. The van der Waals surface area contributed by atoms with Crippen LogP contribution in [0, 0.1) is 20.8 Å². The Morgan fingerprint density at radius 3 is 2.08 bits per heavy atom. The number of hydrogen-bond acceptors (Lipinski definition) is 1. The predicted molar refractivity (Wildman–Crippen MR) is 43.5 cm³/mol. The Bertz CT molecular complexity index is 328. The highest BCUT2D eigenvalue weighted by Crippen LogP contribution is 2.31. The van der Waals surface area contributed by atoms with Crippen LogP contribution in [-0.4, -0.2) is 4.98 Å². The quantitative estimate of drug-likeness (QED) is 0.611. The Morgan fingerprint density at radius 2 is 1.62 bits per heavy atom. The molecular weight excluding hydrogens is 179 g/mol. The fourth-order valence-electron chi connectivity index (χ4n) is 1.11. The lowest BCUT2D eigenvalue weighted by molar-refractivity contribution is -0.138. The van der Waals surface area contributed by atoms with E-state index in [1.807, 2.05) is 0 Å². The molecule has 0 aromatic carbocycles. The molecule has 4 heteroatoms. The molecule has 1 aromatic rings. The Labute approximate surface area is 74.6 Å². The Hall–Kier alpha value is -1.06. The Morgan fingerprint density at radius 1 is 1.08 bits per heavy atom. The molecule has 0 aliphatic heterocycles. The summed E-state index contributed by atoms with van der Waals surface area (Å²) >= 11 is 0. The molecule has 0 N–H and O–H groups in total. The van der Waals surface area contributed by atoms with Crippen molar-refractivity contribution >= 4 is 0 Å². The number of aryl methyl sites for hydroxylation is 3. The molecule has 0 saturated heterocycles. The summed E-state index contributed by atoms with van der Waals surface area (Å²) < 4.78 is 37.0. The van der Waals surface area contributed by atoms with Gasteiger partial charge >= 0.3 is 6.18 Å². The first-order valence-corrected chi connectivity index (χ1v) is 3.84. The number of pyridine rings is 1. The van der Waals surface area contributed by atoms with E-state index < -0.39 is 11.7 Å². The fraction of sp³-hybridized carbons (Fsp3) is 0.444. The van der Waals surface area contributed by atoms with Crippen molar-refractivity contribution in [2.45, 2.75) is 26.9 Å². The highest BCUT2D eigenvalue weighted by Gasteiger charge is 2.33. The van der Waals surface area contributed by atoms with E-state index in [4.69, 9.17) is 0 Å². The molecule has 1 nitrogen and oxygen atoms in total. The highest BCUT2D eigenvalue weighted by atomic mass is 19.4. The van der Waals surface area contributed by atoms with Crippen LogP contribution in [0.3, 0.4) is 0 Å². The second kappa shape index (κ2) is 3.01. The van der Waals surface area contributed by atoms with Gasteiger partial charge in [0.25, 0.3) is 0 Å². The van der Waals surface area contributed by atoms with E-state index >= 15 is 0 Å². The predicted octanol–water partition coefficient (Wildman–Crippen LogP) is 3.03. The van der Waals surface area contributed by atoms with Gasteiger partial charge in [-0.1, -0.05) is 0 Å². The lowest BCUT2D eigenvalue weighted by Crippen LogP contribution is -2.10. The summed E-state index contributed by atoms with van der Waals surface area (Å²) in [5.74, 6) is 0. The Kier molecular flexibility index (Phi) is 2.32. The molecule has 1 rings (SSSR count). The molecule has 0 aliphatic carbocycles. The molecule has 0 fully saturated rings. The van der Waals surface area contributed by atoms with Crippen LogP contribution in [0.15, 0.2) is 6.07 Å². The first kappa shape index (κ1) is 10.0. The van der Waals surface area contributed by atoms with E-state index in [1.165, 1.54) is 6.92 Å². The first-order chi connectivity index (χ1) is 5.82. The van der Waals surface area contributed by atoms with Crippen LogP contribution in [-0.2, 0) is 6.18 Å². The minimum absolute atomic E-state index is 0.0376. The van der Waals surface area contributed by atoms with E-state index in [1.54, 1.807) is 13.8 Å². The molecule has 0 radical (unpaired) electrons. The number of nitrogens with zero attached hydrogens (tertiary/aromatic N) is 1. The minimum atomic E-state index is -4.30. The lowest BCUT2D eigenvalue weighted by atomic mass is 10.1. The third-order valence-corrected chi connectivity index (χ3v) is 1.96. The van der Waals surface area contributed by atoms with Gasteiger partial charge in [-0.15, -0.1) is 0 Å². The van der Waals surface area contributed by atoms with Gasteiger partial charge in [0, 0.05) is 11.4 Å². The molecule has 13 heavy (non-hydrogen) atoms. The van der Waals surface area contributed by atoms with Crippen LogP contribution in [0.1, 0.15) is 22.5 Å². The van der Waals surface area contributed by atoms with Crippen LogP contribution in [0.5, 0.6) is 0 Å². The number of hydrogen-bond donors (Lipinski definition) is 0. The van der Waals surface area contributed by atoms with E-state index in [2.05, 4.69) is 4.98 Å². The van der Waals surface area contributed by atoms with Crippen molar-refractivity contribution in [2.75, 3.05) is 0 Å². The van der Waals surface area contributed by atoms with E-state index in [0.29, 0.717) is 11.3 Å². The largest absolute Gasteiger partial charge is 0.418 e. The van der Waals surface area contributed by atoms with Crippen LogP contribution < -0.4 is 0 Å². The molecule has 0 saturated carbocycles. The standard InChI is InChI=1S/C9H10F3N/c1-5-4-8(9(10,11)12)7(3)13-6(5)2/h4H,1-3H3. The summed E-state index contributed by atoms with van der Waals surface area (Å²) in [4.78, 5) is 3.82. The number of aromatic nitrogens is 1. The maximum Gasteiger partial charge on any atom is 0.418 e. The normalized spacial score (nSPS) is 11.8. The summed E-state index contributed by atoms with van der Waals surface area (Å²) in [6.45, 7) is 4.69. The van der Waals surface area contributed by atoms with Crippen molar-refractivity contribution in [1.29, 1.82) is 0 Å². The number of alkyl halides is 3. The van der Waals surface area contributed by atoms with Crippen molar-refractivity contribution in [2.24, 2.45) is 0 Å². The molecule has 0 atom stereocenters. The van der Waals surface area contributed by atoms with Crippen molar-refractivity contribution in [3.05, 3.63) is 28.6 Å².